The molecule has 1 heterocycles. The molecule has 1 aromatic carbocycles. The molecule has 0 amide bonds. The van der Waals surface area contributed by atoms with E-state index in [0.29, 0.717) is 18.8 Å². The molecule has 2 rings (SSSR count). The van der Waals surface area contributed by atoms with E-state index in [9.17, 15) is 4.39 Å². The fraction of sp³-hybridized carbons (Fsp3) is 0.538. The average molecular weight is 270 g/mol. The molecule has 0 saturated carbocycles. The maximum atomic E-state index is 13.5. The number of ether oxygens (including phenoxy) is 3. The van der Waals surface area contributed by atoms with Crippen LogP contribution in [-0.4, -0.2) is 46.6 Å². The second-order valence-electron chi connectivity index (χ2n) is 4.50. The summed E-state index contributed by atoms with van der Waals surface area (Å²) in [5.41, 5.74) is 7.00. The summed E-state index contributed by atoms with van der Waals surface area (Å²) in [6.07, 6.45) is -0.0547. The van der Waals surface area contributed by atoms with Crippen LogP contribution in [0.5, 0.6) is 5.75 Å². The van der Waals surface area contributed by atoms with Gasteiger partial charge in [-0.3, -0.25) is 0 Å². The molecule has 5 nitrogen and oxygen atoms in total. The van der Waals surface area contributed by atoms with Gasteiger partial charge >= 0.3 is 0 Å². The Hall–Kier alpha value is -1.53. The first kappa shape index (κ1) is 13.9. The fourth-order valence-corrected chi connectivity index (χ4v) is 2.38. The molecule has 0 spiro atoms. The second-order valence-corrected chi connectivity index (χ2v) is 4.50. The Kier molecular flexibility index (Phi) is 4.11. The largest absolute Gasteiger partial charge is 0.494 e. The Morgan fingerprint density at radius 2 is 1.74 bits per heavy atom. The van der Waals surface area contributed by atoms with Crippen LogP contribution in [0.2, 0.25) is 0 Å². The number of rotatable bonds is 4. The number of benzene rings is 1. The van der Waals surface area contributed by atoms with Crippen molar-refractivity contribution in [2.75, 3.05) is 45.1 Å². The molecule has 0 aliphatic carbocycles. The molecule has 1 fully saturated rings. The lowest BCUT2D eigenvalue weighted by atomic mass is 10.2. The van der Waals surface area contributed by atoms with Crippen molar-refractivity contribution in [2.45, 2.75) is 12.2 Å². The zero-order chi connectivity index (χ0) is 14.0. The summed E-state index contributed by atoms with van der Waals surface area (Å²) in [6.45, 7) is 1.29. The quantitative estimate of drug-likeness (QED) is 0.835. The van der Waals surface area contributed by atoms with Crippen LogP contribution in [0, 0.1) is 5.82 Å². The predicted octanol–water partition coefficient (Wildman–Crippen LogP) is 1.27. The van der Waals surface area contributed by atoms with Crippen LogP contribution >= 0.6 is 0 Å². The van der Waals surface area contributed by atoms with Gasteiger partial charge in [-0.1, -0.05) is 0 Å². The maximum Gasteiger partial charge on any atom is 0.167 e. The van der Waals surface area contributed by atoms with Crippen LogP contribution in [0.15, 0.2) is 12.1 Å². The number of nitrogens with zero attached hydrogens (tertiary/aromatic N) is 1. The van der Waals surface area contributed by atoms with Crippen molar-refractivity contribution in [3.63, 3.8) is 0 Å². The van der Waals surface area contributed by atoms with Gasteiger partial charge in [-0.05, 0) is 0 Å². The highest BCUT2D eigenvalue weighted by Gasteiger charge is 2.34. The van der Waals surface area contributed by atoms with Crippen LogP contribution in [0.3, 0.4) is 0 Å². The first-order valence-corrected chi connectivity index (χ1v) is 6.04. The zero-order valence-electron chi connectivity index (χ0n) is 11.4. The van der Waals surface area contributed by atoms with E-state index in [4.69, 9.17) is 19.9 Å². The molecule has 6 heteroatoms. The smallest absolute Gasteiger partial charge is 0.167 e. The van der Waals surface area contributed by atoms with Gasteiger partial charge in [0.1, 0.15) is 12.2 Å². The van der Waals surface area contributed by atoms with Crippen molar-refractivity contribution >= 4 is 11.4 Å². The summed E-state index contributed by atoms with van der Waals surface area (Å²) in [7, 11) is 4.72. The number of hydrogen-bond acceptors (Lipinski definition) is 5. The van der Waals surface area contributed by atoms with Gasteiger partial charge < -0.3 is 24.8 Å². The van der Waals surface area contributed by atoms with Crippen molar-refractivity contribution in [2.24, 2.45) is 0 Å². The summed E-state index contributed by atoms with van der Waals surface area (Å²) < 4.78 is 29.3. The molecule has 19 heavy (non-hydrogen) atoms. The van der Waals surface area contributed by atoms with Gasteiger partial charge in [-0.2, -0.15) is 0 Å². The van der Waals surface area contributed by atoms with E-state index >= 15 is 0 Å². The molecule has 2 atom stereocenters. The van der Waals surface area contributed by atoms with Crippen LogP contribution < -0.4 is 15.4 Å². The summed E-state index contributed by atoms with van der Waals surface area (Å²) in [5.74, 6) is -0.284. The number of halogens is 1. The van der Waals surface area contributed by atoms with Gasteiger partial charge in [-0.25, -0.2) is 4.39 Å². The van der Waals surface area contributed by atoms with Crippen LogP contribution in [0.4, 0.5) is 15.8 Å². The van der Waals surface area contributed by atoms with Gasteiger partial charge in [0.2, 0.25) is 0 Å². The molecule has 1 aliphatic heterocycles. The molecule has 1 aliphatic rings. The van der Waals surface area contributed by atoms with Gasteiger partial charge in [-0.15, -0.1) is 0 Å². The lowest BCUT2D eigenvalue weighted by Crippen LogP contribution is -2.27. The standard InChI is InChI=1S/C13H19FN2O3/c1-17-11-5-10(9(15)4-8(11)14)16-6-12(18-2)13(7-16)19-3/h4-5,12-13H,6-7,15H2,1-3H3. The Morgan fingerprint density at radius 3 is 2.21 bits per heavy atom. The van der Waals surface area contributed by atoms with Crippen molar-refractivity contribution in [1.82, 2.24) is 0 Å². The number of nitrogens with two attached hydrogens (primary N) is 1. The average Bonchev–Trinajstić information content (AvgIpc) is 2.82. The summed E-state index contributed by atoms with van der Waals surface area (Å²) >= 11 is 0. The first-order valence-electron chi connectivity index (χ1n) is 6.04. The highest BCUT2D eigenvalue weighted by atomic mass is 19.1. The van der Waals surface area contributed by atoms with E-state index < -0.39 is 5.82 Å². The van der Waals surface area contributed by atoms with E-state index in [1.807, 2.05) is 4.90 Å². The minimum absolute atomic E-state index is 0.0274. The summed E-state index contributed by atoms with van der Waals surface area (Å²) in [6, 6.07) is 2.88. The predicted molar refractivity (Wildman–Crippen MR) is 71.2 cm³/mol. The monoisotopic (exact) mass is 270 g/mol. The molecule has 0 radical (unpaired) electrons. The van der Waals surface area contributed by atoms with E-state index in [2.05, 4.69) is 0 Å². The van der Waals surface area contributed by atoms with E-state index in [1.165, 1.54) is 13.2 Å². The highest BCUT2D eigenvalue weighted by Crippen LogP contribution is 2.33. The van der Waals surface area contributed by atoms with Gasteiger partial charge in [0.05, 0.1) is 18.5 Å². The Morgan fingerprint density at radius 1 is 1.16 bits per heavy atom. The van der Waals surface area contributed by atoms with E-state index in [0.717, 1.165) is 5.69 Å². The molecule has 0 aromatic heterocycles. The number of methoxy groups -OCH3 is 3. The lowest BCUT2D eigenvalue weighted by Gasteiger charge is -2.21. The topological polar surface area (TPSA) is 57.0 Å². The molecule has 1 saturated heterocycles. The molecule has 2 N–H and O–H groups in total. The Labute approximate surface area is 112 Å². The van der Waals surface area contributed by atoms with Crippen LogP contribution in [0.25, 0.3) is 0 Å². The number of nitrogen functional groups attached to an aromatic ring is 1. The van der Waals surface area contributed by atoms with E-state index in [-0.39, 0.29) is 18.0 Å². The van der Waals surface area contributed by atoms with Gasteiger partial charge in [0.15, 0.2) is 11.6 Å². The molecule has 1 aromatic rings. The third-order valence-corrected chi connectivity index (χ3v) is 3.46. The zero-order valence-corrected chi connectivity index (χ0v) is 11.4. The lowest BCUT2D eigenvalue weighted by molar-refractivity contribution is -0.00461. The molecule has 2 unspecified atom stereocenters. The van der Waals surface area contributed by atoms with Crippen molar-refractivity contribution in [1.29, 1.82) is 0 Å². The third kappa shape index (κ3) is 2.59. The molecule has 106 valence electrons. The summed E-state index contributed by atoms with van der Waals surface area (Å²) in [4.78, 5) is 2.01. The molecular formula is C13H19FN2O3. The van der Waals surface area contributed by atoms with Gasteiger partial charge in [0, 0.05) is 39.4 Å². The van der Waals surface area contributed by atoms with Crippen molar-refractivity contribution < 1.29 is 18.6 Å². The fourth-order valence-electron chi connectivity index (χ4n) is 2.38. The van der Waals surface area contributed by atoms with E-state index in [1.54, 1.807) is 20.3 Å². The number of anilines is 2. The maximum absolute atomic E-state index is 13.5. The first-order chi connectivity index (χ1) is 9.10. The number of hydrogen-bond donors (Lipinski definition) is 1. The van der Waals surface area contributed by atoms with Crippen molar-refractivity contribution in [3.8, 4) is 5.75 Å². The summed E-state index contributed by atoms with van der Waals surface area (Å²) in [5, 5.41) is 0. The van der Waals surface area contributed by atoms with Gasteiger partial charge in [0.25, 0.3) is 0 Å². The highest BCUT2D eigenvalue weighted by molar-refractivity contribution is 5.70. The minimum Gasteiger partial charge on any atom is -0.494 e. The molecular weight excluding hydrogens is 251 g/mol. The second kappa shape index (κ2) is 5.63. The SMILES string of the molecule is COc1cc(N2CC(OC)C(OC)C2)c(N)cc1F. The van der Waals surface area contributed by atoms with Crippen molar-refractivity contribution in [3.05, 3.63) is 17.9 Å². The molecule has 0 bridgehead atoms. The third-order valence-electron chi connectivity index (χ3n) is 3.46. The Bertz CT molecular complexity index is 444. The van der Waals surface area contributed by atoms with Crippen LogP contribution in [-0.2, 0) is 9.47 Å². The Balaban J connectivity index is 2.28. The minimum atomic E-state index is -0.463. The normalized spacial score (nSPS) is 22.8. The van der Waals surface area contributed by atoms with Crippen LogP contribution in [0.1, 0.15) is 0 Å².